The predicted molar refractivity (Wildman–Crippen MR) is 113 cm³/mol. The van der Waals surface area contributed by atoms with Crippen molar-refractivity contribution in [3.05, 3.63) is 57.6 Å². The molecular weight excluding hydrogens is 399 g/mol. The Hall–Kier alpha value is -2.44. The SMILES string of the molecule is CC(NC(N)=NCCOc1ccc2c(c1)CCC(=O)N2)c1ccc(Cl)cc1Cl. The molecule has 1 unspecified atom stereocenters. The van der Waals surface area contributed by atoms with Crippen LogP contribution < -0.4 is 21.1 Å². The molecule has 2 aromatic rings. The first kappa shape index (κ1) is 20.3. The summed E-state index contributed by atoms with van der Waals surface area (Å²) in [5, 5.41) is 7.12. The minimum absolute atomic E-state index is 0.0487. The molecule has 0 aromatic heterocycles. The van der Waals surface area contributed by atoms with Crippen LogP contribution in [-0.2, 0) is 11.2 Å². The van der Waals surface area contributed by atoms with Gasteiger partial charge in [-0.15, -0.1) is 0 Å². The van der Waals surface area contributed by atoms with Crippen LogP contribution in [0.4, 0.5) is 5.69 Å². The number of hydrogen-bond acceptors (Lipinski definition) is 3. The van der Waals surface area contributed by atoms with Crippen LogP contribution in [-0.4, -0.2) is 25.0 Å². The Balaban J connectivity index is 1.48. The molecule has 148 valence electrons. The van der Waals surface area contributed by atoms with Crippen LogP contribution in [0.25, 0.3) is 0 Å². The second-order valence-electron chi connectivity index (χ2n) is 6.51. The minimum atomic E-state index is -0.106. The van der Waals surface area contributed by atoms with E-state index >= 15 is 0 Å². The lowest BCUT2D eigenvalue weighted by Gasteiger charge is -2.18. The lowest BCUT2D eigenvalue weighted by atomic mass is 10.0. The highest BCUT2D eigenvalue weighted by Gasteiger charge is 2.15. The van der Waals surface area contributed by atoms with Gasteiger partial charge in [0.05, 0.1) is 12.6 Å². The van der Waals surface area contributed by atoms with Gasteiger partial charge in [-0.2, -0.15) is 0 Å². The zero-order valence-electron chi connectivity index (χ0n) is 15.5. The van der Waals surface area contributed by atoms with Gasteiger partial charge in [-0.1, -0.05) is 29.3 Å². The van der Waals surface area contributed by atoms with Crippen molar-refractivity contribution in [1.29, 1.82) is 0 Å². The summed E-state index contributed by atoms with van der Waals surface area (Å²) in [6.07, 6.45) is 1.22. The molecule has 3 rings (SSSR count). The number of hydrogen-bond donors (Lipinski definition) is 3. The van der Waals surface area contributed by atoms with Crippen LogP contribution in [0.3, 0.4) is 0 Å². The molecule has 2 aromatic carbocycles. The topological polar surface area (TPSA) is 88.7 Å². The number of halogens is 2. The molecule has 0 saturated carbocycles. The van der Waals surface area contributed by atoms with Gasteiger partial charge in [-0.25, -0.2) is 4.99 Å². The first-order chi connectivity index (χ1) is 13.4. The maximum absolute atomic E-state index is 11.4. The molecule has 28 heavy (non-hydrogen) atoms. The number of fused-ring (bicyclic) bond motifs is 1. The molecule has 0 spiro atoms. The molecule has 4 N–H and O–H groups in total. The van der Waals surface area contributed by atoms with Gasteiger partial charge in [0, 0.05) is 22.2 Å². The van der Waals surface area contributed by atoms with E-state index < -0.39 is 0 Å². The summed E-state index contributed by atoms with van der Waals surface area (Å²) in [5.41, 5.74) is 8.77. The molecule has 0 aliphatic carbocycles. The number of ether oxygens (including phenoxy) is 1. The summed E-state index contributed by atoms with van der Waals surface area (Å²) in [5.74, 6) is 1.11. The third-order valence-electron chi connectivity index (χ3n) is 4.41. The number of carbonyl (C=O) groups excluding carboxylic acids is 1. The van der Waals surface area contributed by atoms with Crippen molar-refractivity contribution in [2.45, 2.75) is 25.8 Å². The van der Waals surface area contributed by atoms with Gasteiger partial charge in [0.25, 0.3) is 0 Å². The van der Waals surface area contributed by atoms with Crippen LogP contribution in [0.5, 0.6) is 5.75 Å². The number of nitrogens with zero attached hydrogens (tertiary/aromatic N) is 1. The Kier molecular flexibility index (Phi) is 6.65. The number of rotatable bonds is 6. The first-order valence-electron chi connectivity index (χ1n) is 8.99. The first-order valence-corrected chi connectivity index (χ1v) is 9.75. The number of nitrogens with one attached hydrogen (secondary N) is 2. The standard InChI is InChI=1S/C20H22Cl2N4O2/c1-12(16-5-3-14(21)11-17(16)22)25-20(23)24-8-9-28-15-4-6-18-13(10-15)2-7-19(27)26-18/h3-6,10-12H,2,7-9H2,1H3,(H,26,27)(H3,23,24,25). The molecule has 1 aliphatic heterocycles. The van der Waals surface area contributed by atoms with Crippen LogP contribution in [0, 0.1) is 0 Å². The fraction of sp³-hybridized carbons (Fsp3) is 0.300. The van der Waals surface area contributed by atoms with Gasteiger partial charge in [0.15, 0.2) is 5.96 Å². The summed E-state index contributed by atoms with van der Waals surface area (Å²) in [4.78, 5) is 15.7. The van der Waals surface area contributed by atoms with Crippen LogP contribution in [0.2, 0.25) is 10.0 Å². The van der Waals surface area contributed by atoms with Crippen molar-refractivity contribution < 1.29 is 9.53 Å². The minimum Gasteiger partial charge on any atom is -0.492 e. The van der Waals surface area contributed by atoms with E-state index in [1.54, 1.807) is 12.1 Å². The van der Waals surface area contributed by atoms with Crippen molar-refractivity contribution in [1.82, 2.24) is 5.32 Å². The van der Waals surface area contributed by atoms with Crippen molar-refractivity contribution in [3.63, 3.8) is 0 Å². The number of carbonyl (C=O) groups is 1. The zero-order chi connectivity index (χ0) is 20.1. The summed E-state index contributed by atoms with van der Waals surface area (Å²) >= 11 is 12.1. The largest absolute Gasteiger partial charge is 0.492 e. The second-order valence-corrected chi connectivity index (χ2v) is 7.36. The Morgan fingerprint density at radius 2 is 2.11 bits per heavy atom. The maximum atomic E-state index is 11.4. The summed E-state index contributed by atoms with van der Waals surface area (Å²) in [6, 6.07) is 10.9. The zero-order valence-corrected chi connectivity index (χ0v) is 17.0. The van der Waals surface area contributed by atoms with Gasteiger partial charge in [-0.3, -0.25) is 4.79 Å². The predicted octanol–water partition coefficient (Wildman–Crippen LogP) is 3.92. The second kappa shape index (κ2) is 9.17. The molecule has 1 aliphatic rings. The quantitative estimate of drug-likeness (QED) is 0.375. The Bertz CT molecular complexity index is 902. The van der Waals surface area contributed by atoms with Crippen molar-refractivity contribution in [2.24, 2.45) is 10.7 Å². The Morgan fingerprint density at radius 3 is 2.89 bits per heavy atom. The maximum Gasteiger partial charge on any atom is 0.224 e. The van der Waals surface area contributed by atoms with E-state index in [0.29, 0.717) is 35.6 Å². The highest BCUT2D eigenvalue weighted by atomic mass is 35.5. The van der Waals surface area contributed by atoms with Crippen LogP contribution in [0.1, 0.15) is 30.5 Å². The fourth-order valence-electron chi connectivity index (χ4n) is 2.98. The summed E-state index contributed by atoms with van der Waals surface area (Å²) in [6.45, 7) is 2.75. The van der Waals surface area contributed by atoms with E-state index in [9.17, 15) is 4.79 Å². The summed E-state index contributed by atoms with van der Waals surface area (Å²) < 4.78 is 5.73. The highest BCUT2D eigenvalue weighted by molar-refractivity contribution is 6.35. The van der Waals surface area contributed by atoms with Gasteiger partial charge < -0.3 is 21.1 Å². The lowest BCUT2D eigenvalue weighted by Crippen LogP contribution is -2.34. The number of anilines is 1. The van der Waals surface area contributed by atoms with Crippen molar-refractivity contribution in [2.75, 3.05) is 18.5 Å². The Morgan fingerprint density at radius 1 is 1.29 bits per heavy atom. The number of nitrogens with two attached hydrogens (primary N) is 1. The van der Waals surface area contributed by atoms with Gasteiger partial charge in [0.1, 0.15) is 12.4 Å². The molecule has 0 saturated heterocycles. The Labute approximate surface area is 174 Å². The van der Waals surface area contributed by atoms with Gasteiger partial charge >= 0.3 is 0 Å². The molecule has 1 amide bonds. The monoisotopic (exact) mass is 420 g/mol. The van der Waals surface area contributed by atoms with Crippen LogP contribution >= 0.6 is 23.2 Å². The van der Waals surface area contributed by atoms with E-state index in [0.717, 1.165) is 29.0 Å². The molecular formula is C20H22Cl2N4O2. The highest BCUT2D eigenvalue weighted by Crippen LogP contribution is 2.27. The normalized spacial score (nSPS) is 14.8. The van der Waals surface area contributed by atoms with Gasteiger partial charge in [-0.05, 0) is 54.8 Å². The number of aliphatic imine (C=N–C) groups is 1. The van der Waals surface area contributed by atoms with Crippen LogP contribution in [0.15, 0.2) is 41.4 Å². The van der Waals surface area contributed by atoms with Gasteiger partial charge in [0.2, 0.25) is 5.91 Å². The molecule has 6 nitrogen and oxygen atoms in total. The number of amides is 1. The van der Waals surface area contributed by atoms with E-state index in [1.807, 2.05) is 31.2 Å². The fourth-order valence-corrected chi connectivity index (χ4v) is 3.55. The molecule has 8 heteroatoms. The molecule has 1 atom stereocenters. The average molecular weight is 421 g/mol. The molecule has 1 heterocycles. The van der Waals surface area contributed by atoms with E-state index in [-0.39, 0.29) is 11.9 Å². The average Bonchev–Trinajstić information content (AvgIpc) is 2.65. The third kappa shape index (κ3) is 5.30. The van der Waals surface area contributed by atoms with E-state index in [1.165, 1.54) is 0 Å². The van der Waals surface area contributed by atoms with E-state index in [2.05, 4.69) is 15.6 Å². The molecule has 0 bridgehead atoms. The number of benzene rings is 2. The van der Waals surface area contributed by atoms with Crippen molar-refractivity contribution >= 4 is 40.8 Å². The molecule has 0 fully saturated rings. The van der Waals surface area contributed by atoms with E-state index in [4.69, 9.17) is 33.7 Å². The summed E-state index contributed by atoms with van der Waals surface area (Å²) in [7, 11) is 0. The lowest BCUT2D eigenvalue weighted by molar-refractivity contribution is -0.116. The number of guanidine groups is 1. The molecule has 0 radical (unpaired) electrons. The third-order valence-corrected chi connectivity index (χ3v) is 4.97. The number of aryl methyl sites for hydroxylation is 1. The smallest absolute Gasteiger partial charge is 0.224 e. The van der Waals surface area contributed by atoms with Crippen molar-refractivity contribution in [3.8, 4) is 5.75 Å².